The maximum Gasteiger partial charge on any atom is 0.357 e. The topological polar surface area (TPSA) is 118 Å². The van der Waals surface area contributed by atoms with Crippen LogP contribution in [-0.4, -0.2) is 21.0 Å². The molecule has 24 heavy (non-hydrogen) atoms. The van der Waals surface area contributed by atoms with Crippen molar-refractivity contribution in [3.63, 3.8) is 0 Å². The summed E-state index contributed by atoms with van der Waals surface area (Å²) in [5.74, 6) is 0.719. The number of benzene rings is 1. The summed E-state index contributed by atoms with van der Waals surface area (Å²) in [4.78, 5) is 37.0. The van der Waals surface area contributed by atoms with Gasteiger partial charge in [-0.2, -0.15) is 0 Å². The van der Waals surface area contributed by atoms with Gasteiger partial charge >= 0.3 is 16.9 Å². The van der Waals surface area contributed by atoms with E-state index in [0.29, 0.717) is 0 Å². The minimum Gasteiger partial charge on any atom is -0.491 e. The van der Waals surface area contributed by atoms with Crippen LogP contribution in [0.2, 0.25) is 0 Å². The zero-order chi connectivity index (χ0) is 17.7. The maximum atomic E-state index is 11.5. The lowest BCUT2D eigenvalue weighted by Gasteiger charge is -2.12. The van der Waals surface area contributed by atoms with Crippen molar-refractivity contribution < 1.29 is 9.66 Å². The third-order valence-electron chi connectivity index (χ3n) is 3.36. The van der Waals surface area contributed by atoms with Crippen LogP contribution < -0.4 is 16.0 Å². The smallest absolute Gasteiger partial charge is 0.357 e. The fourth-order valence-corrected chi connectivity index (χ4v) is 1.95. The average molecular weight is 331 g/mol. The monoisotopic (exact) mass is 331 g/mol. The molecule has 8 nitrogen and oxygen atoms in total. The fourth-order valence-electron chi connectivity index (χ4n) is 1.95. The second-order valence-electron chi connectivity index (χ2n) is 5.17. The minimum atomic E-state index is -1.04. The molecule has 0 saturated carbocycles. The van der Waals surface area contributed by atoms with Crippen LogP contribution in [0.4, 0.5) is 5.69 Å². The van der Waals surface area contributed by atoms with Crippen LogP contribution in [0, 0.1) is 10.1 Å². The van der Waals surface area contributed by atoms with E-state index >= 15 is 0 Å². The quantitative estimate of drug-likeness (QED) is 0.622. The van der Waals surface area contributed by atoms with Gasteiger partial charge in [0.25, 0.3) is 0 Å². The summed E-state index contributed by atoms with van der Waals surface area (Å²) < 4.78 is 5.66. The van der Waals surface area contributed by atoms with Gasteiger partial charge in [-0.3, -0.25) is 19.9 Å². The summed E-state index contributed by atoms with van der Waals surface area (Å²) in [7, 11) is 0. The van der Waals surface area contributed by atoms with E-state index < -0.39 is 21.9 Å². The number of ether oxygens (including phenoxy) is 1. The number of hydrogen-bond donors (Lipinski definition) is 2. The molecule has 1 aromatic heterocycles. The van der Waals surface area contributed by atoms with E-state index in [1.54, 1.807) is 30.3 Å². The third-order valence-corrected chi connectivity index (χ3v) is 3.36. The molecule has 0 unspecified atom stereocenters. The maximum absolute atomic E-state index is 11.5. The van der Waals surface area contributed by atoms with Gasteiger partial charge in [-0.15, -0.1) is 0 Å². The molecule has 0 aliphatic carbocycles. The van der Waals surface area contributed by atoms with E-state index in [-0.39, 0.29) is 11.8 Å². The van der Waals surface area contributed by atoms with Crippen LogP contribution in [0.5, 0.6) is 5.75 Å². The van der Waals surface area contributed by atoms with Crippen molar-refractivity contribution in [3.05, 3.63) is 66.5 Å². The van der Waals surface area contributed by atoms with Gasteiger partial charge < -0.3 is 9.72 Å². The number of aromatic nitrogens is 2. The molecule has 1 heterocycles. The summed E-state index contributed by atoms with van der Waals surface area (Å²) >= 11 is 0. The Labute approximate surface area is 137 Å². The highest BCUT2D eigenvalue weighted by molar-refractivity contribution is 5.71. The summed E-state index contributed by atoms with van der Waals surface area (Å²) in [6.45, 7) is 3.99. The molecule has 0 bridgehead atoms. The van der Waals surface area contributed by atoms with Crippen molar-refractivity contribution in [2.24, 2.45) is 0 Å². The Morgan fingerprint density at radius 1 is 1.21 bits per heavy atom. The number of nitro groups is 1. The van der Waals surface area contributed by atoms with Gasteiger partial charge in [0.2, 0.25) is 0 Å². The normalized spacial score (nSPS) is 12.2. The van der Waals surface area contributed by atoms with Gasteiger partial charge in [0, 0.05) is 0 Å². The second-order valence-corrected chi connectivity index (χ2v) is 5.17. The molecular weight excluding hydrogens is 314 g/mol. The summed E-state index contributed by atoms with van der Waals surface area (Å²) in [5.41, 5.74) is -1.97. The first kappa shape index (κ1) is 17.2. The van der Waals surface area contributed by atoms with E-state index in [9.17, 15) is 19.7 Å². The zero-order valence-electron chi connectivity index (χ0n) is 13.2. The average Bonchev–Trinajstić information content (AvgIpc) is 2.53. The Kier molecular flexibility index (Phi) is 5.31. The number of nitrogens with zero attached hydrogens (tertiary/aromatic N) is 1. The molecule has 0 saturated heterocycles. The molecule has 0 aliphatic heterocycles. The van der Waals surface area contributed by atoms with Gasteiger partial charge in [-0.1, -0.05) is 25.1 Å². The van der Waals surface area contributed by atoms with Crippen molar-refractivity contribution in [1.82, 2.24) is 9.97 Å². The van der Waals surface area contributed by atoms with Crippen LogP contribution in [0.1, 0.15) is 31.5 Å². The van der Waals surface area contributed by atoms with Crippen LogP contribution in [0.3, 0.4) is 0 Å². The molecule has 2 rings (SSSR count). The summed E-state index contributed by atoms with van der Waals surface area (Å²) in [6, 6.07) is 7.10. The van der Waals surface area contributed by atoms with Gasteiger partial charge in [0.15, 0.2) is 0 Å². The zero-order valence-corrected chi connectivity index (χ0v) is 13.2. The highest BCUT2D eigenvalue weighted by Crippen LogP contribution is 2.17. The Morgan fingerprint density at radius 3 is 2.46 bits per heavy atom. The SMILES string of the molecule is CC[C@@H](C)Oc1ccc(/C=C/c2[nH]c(=O)[nH]c(=O)c2[N+](=O)[O-])cc1. The van der Waals surface area contributed by atoms with Crippen LogP contribution in [-0.2, 0) is 0 Å². The molecule has 2 aromatic rings. The fraction of sp³-hybridized carbons (Fsp3) is 0.250. The first-order valence-corrected chi connectivity index (χ1v) is 7.36. The Bertz CT molecular complexity index is 865. The third kappa shape index (κ3) is 4.19. The molecule has 2 N–H and O–H groups in total. The van der Waals surface area contributed by atoms with E-state index in [1.807, 2.05) is 18.8 Å². The molecule has 126 valence electrons. The number of H-pyrrole nitrogens is 2. The molecule has 0 amide bonds. The lowest BCUT2D eigenvalue weighted by Crippen LogP contribution is -2.25. The van der Waals surface area contributed by atoms with Crippen LogP contribution >= 0.6 is 0 Å². The van der Waals surface area contributed by atoms with Crippen molar-refractivity contribution in [1.29, 1.82) is 0 Å². The Balaban J connectivity index is 2.27. The molecule has 0 aliphatic rings. The van der Waals surface area contributed by atoms with Crippen LogP contribution in [0.25, 0.3) is 12.2 Å². The van der Waals surface area contributed by atoms with Crippen molar-refractivity contribution in [3.8, 4) is 5.75 Å². The standard InChI is InChI=1S/C16H17N3O5/c1-3-10(2)24-12-7-4-11(5-8-12)6-9-13-14(19(22)23)15(20)18-16(21)17-13/h4-10H,3H2,1-2H3,(H2,17,18,20,21)/b9-6+/t10-/m1/s1. The largest absolute Gasteiger partial charge is 0.491 e. The number of aromatic amines is 2. The van der Waals surface area contributed by atoms with Gasteiger partial charge in [-0.25, -0.2) is 4.79 Å². The first-order valence-electron chi connectivity index (χ1n) is 7.36. The number of rotatable bonds is 6. The highest BCUT2D eigenvalue weighted by Gasteiger charge is 2.18. The Hall–Kier alpha value is -3.16. The molecule has 0 radical (unpaired) electrons. The van der Waals surface area contributed by atoms with Gasteiger partial charge in [0.05, 0.1) is 11.0 Å². The summed E-state index contributed by atoms with van der Waals surface area (Å²) in [5, 5.41) is 11.0. The van der Waals surface area contributed by atoms with E-state index in [4.69, 9.17) is 4.74 Å². The summed E-state index contributed by atoms with van der Waals surface area (Å²) in [6.07, 6.45) is 3.88. The molecular formula is C16H17N3O5. The Morgan fingerprint density at radius 2 is 1.88 bits per heavy atom. The second kappa shape index (κ2) is 7.40. The molecule has 1 atom stereocenters. The molecule has 0 spiro atoms. The van der Waals surface area contributed by atoms with E-state index in [0.717, 1.165) is 17.7 Å². The van der Waals surface area contributed by atoms with E-state index in [1.165, 1.54) is 6.08 Å². The van der Waals surface area contributed by atoms with Crippen molar-refractivity contribution in [2.75, 3.05) is 0 Å². The molecule has 1 aromatic carbocycles. The predicted octanol–water partition coefficient (Wildman–Crippen LogP) is 2.32. The first-order chi connectivity index (χ1) is 11.4. The molecule has 0 fully saturated rings. The van der Waals surface area contributed by atoms with Gasteiger partial charge in [-0.05, 0) is 37.1 Å². The number of hydrogen-bond acceptors (Lipinski definition) is 5. The van der Waals surface area contributed by atoms with E-state index in [2.05, 4.69) is 4.98 Å². The highest BCUT2D eigenvalue weighted by atomic mass is 16.6. The minimum absolute atomic E-state index is 0.107. The van der Waals surface area contributed by atoms with Crippen molar-refractivity contribution >= 4 is 17.8 Å². The lowest BCUT2D eigenvalue weighted by molar-refractivity contribution is -0.386. The lowest BCUT2D eigenvalue weighted by atomic mass is 10.2. The van der Waals surface area contributed by atoms with Crippen molar-refractivity contribution in [2.45, 2.75) is 26.4 Å². The molecule has 8 heteroatoms. The number of nitrogens with one attached hydrogen (secondary N) is 2. The van der Waals surface area contributed by atoms with Gasteiger partial charge in [0.1, 0.15) is 11.4 Å². The van der Waals surface area contributed by atoms with Crippen LogP contribution in [0.15, 0.2) is 33.9 Å². The predicted molar refractivity (Wildman–Crippen MR) is 90.1 cm³/mol.